The number of ether oxygens (including phenoxy) is 2. The molecule has 2 aliphatic rings. The van der Waals surface area contributed by atoms with Gasteiger partial charge < -0.3 is 24.8 Å². The van der Waals surface area contributed by atoms with Crippen molar-refractivity contribution in [3.63, 3.8) is 0 Å². The highest BCUT2D eigenvalue weighted by Gasteiger charge is 2.25. The number of pyridine rings is 1. The number of aromatic nitrogens is 1. The summed E-state index contributed by atoms with van der Waals surface area (Å²) in [7, 11) is 1.69. The fourth-order valence-corrected chi connectivity index (χ4v) is 4.13. The first-order valence-electron chi connectivity index (χ1n) is 9.47. The minimum atomic E-state index is 0.229. The first-order chi connectivity index (χ1) is 12.8. The van der Waals surface area contributed by atoms with Crippen molar-refractivity contribution in [3.05, 3.63) is 24.4 Å². The second kappa shape index (κ2) is 7.68. The molecule has 0 bridgehead atoms. The maximum absolute atomic E-state index is 9.42. The summed E-state index contributed by atoms with van der Waals surface area (Å²) in [5.74, 6) is 2.35. The molecule has 140 valence electrons. The summed E-state index contributed by atoms with van der Waals surface area (Å²) in [4.78, 5) is 6.96. The number of nitrogens with one attached hydrogen (secondary N) is 1. The number of methoxy groups -OCH3 is 1. The number of piperidine rings is 1. The summed E-state index contributed by atoms with van der Waals surface area (Å²) in [5.41, 5.74) is 2.09. The van der Waals surface area contributed by atoms with Gasteiger partial charge in [0.15, 0.2) is 5.75 Å². The van der Waals surface area contributed by atoms with Crippen LogP contribution in [0, 0.1) is 5.92 Å². The van der Waals surface area contributed by atoms with Crippen LogP contribution in [-0.2, 0) is 0 Å². The average Bonchev–Trinajstić information content (AvgIpc) is 2.71. The summed E-state index contributed by atoms with van der Waals surface area (Å²) in [6.07, 6.45) is 5.20. The van der Waals surface area contributed by atoms with Crippen LogP contribution in [0.5, 0.6) is 11.5 Å². The lowest BCUT2D eigenvalue weighted by Crippen LogP contribution is -2.42. The Kier molecular flexibility index (Phi) is 5.13. The van der Waals surface area contributed by atoms with Crippen molar-refractivity contribution in [2.75, 3.05) is 44.9 Å². The number of aliphatic hydroxyl groups is 1. The molecule has 2 atom stereocenters. The Morgan fingerprint density at radius 2 is 2.35 bits per heavy atom. The van der Waals surface area contributed by atoms with Crippen molar-refractivity contribution >= 4 is 16.6 Å². The monoisotopic (exact) mass is 357 g/mol. The summed E-state index contributed by atoms with van der Waals surface area (Å²) >= 11 is 0. The van der Waals surface area contributed by atoms with Crippen molar-refractivity contribution in [2.24, 2.45) is 5.92 Å². The molecule has 4 rings (SSSR count). The normalized spacial score (nSPS) is 22.8. The summed E-state index contributed by atoms with van der Waals surface area (Å²) in [5, 5.41) is 13.9. The zero-order valence-corrected chi connectivity index (χ0v) is 15.3. The zero-order valence-electron chi connectivity index (χ0n) is 15.3. The third-order valence-electron chi connectivity index (χ3n) is 5.58. The Labute approximate surface area is 154 Å². The van der Waals surface area contributed by atoms with Crippen molar-refractivity contribution in [1.82, 2.24) is 10.3 Å². The van der Waals surface area contributed by atoms with E-state index in [-0.39, 0.29) is 12.6 Å². The third kappa shape index (κ3) is 3.44. The standard InChI is InChI=1S/C20H27N3O3/c1-25-16-2-3-18-17(11-16)20-19(12-22-18)26-9-8-23(20)7-5-14-4-6-21-15(10-14)13-24/h2-3,11-12,14-15,21,24H,4-10,13H2,1H3/t14?,15-/m0/s1. The number of anilines is 1. The van der Waals surface area contributed by atoms with Crippen LogP contribution in [0.4, 0.5) is 5.69 Å². The predicted octanol–water partition coefficient (Wildman–Crippen LogP) is 2.19. The van der Waals surface area contributed by atoms with E-state index in [0.717, 1.165) is 60.6 Å². The molecule has 0 spiro atoms. The van der Waals surface area contributed by atoms with E-state index in [1.807, 2.05) is 18.3 Å². The second-order valence-electron chi connectivity index (χ2n) is 7.20. The molecule has 6 heteroatoms. The second-order valence-corrected chi connectivity index (χ2v) is 7.20. The van der Waals surface area contributed by atoms with Gasteiger partial charge >= 0.3 is 0 Å². The zero-order chi connectivity index (χ0) is 17.9. The van der Waals surface area contributed by atoms with Gasteiger partial charge in [0, 0.05) is 18.0 Å². The molecule has 1 aromatic carbocycles. The van der Waals surface area contributed by atoms with Gasteiger partial charge in [-0.25, -0.2) is 0 Å². The van der Waals surface area contributed by atoms with Crippen molar-refractivity contribution < 1.29 is 14.6 Å². The molecule has 1 saturated heterocycles. The van der Waals surface area contributed by atoms with Gasteiger partial charge in [-0.15, -0.1) is 0 Å². The van der Waals surface area contributed by atoms with Gasteiger partial charge in [0.1, 0.15) is 12.4 Å². The number of benzene rings is 1. The van der Waals surface area contributed by atoms with Crippen LogP contribution in [0.25, 0.3) is 10.9 Å². The fraction of sp³-hybridized carbons (Fsp3) is 0.550. The van der Waals surface area contributed by atoms with E-state index in [2.05, 4.69) is 21.3 Å². The van der Waals surface area contributed by atoms with Gasteiger partial charge in [-0.1, -0.05) is 0 Å². The highest BCUT2D eigenvalue weighted by atomic mass is 16.5. The molecule has 0 amide bonds. The van der Waals surface area contributed by atoms with E-state index in [4.69, 9.17) is 9.47 Å². The van der Waals surface area contributed by atoms with E-state index < -0.39 is 0 Å². The maximum Gasteiger partial charge on any atom is 0.161 e. The lowest BCUT2D eigenvalue weighted by molar-refractivity contribution is 0.188. The lowest BCUT2D eigenvalue weighted by atomic mass is 9.90. The lowest BCUT2D eigenvalue weighted by Gasteiger charge is -2.35. The minimum Gasteiger partial charge on any atom is -0.497 e. The Morgan fingerprint density at radius 1 is 1.42 bits per heavy atom. The van der Waals surface area contributed by atoms with Crippen LogP contribution >= 0.6 is 0 Å². The fourth-order valence-electron chi connectivity index (χ4n) is 4.13. The van der Waals surface area contributed by atoms with Crippen molar-refractivity contribution in [3.8, 4) is 11.5 Å². The van der Waals surface area contributed by atoms with Crippen LogP contribution < -0.4 is 19.7 Å². The maximum atomic E-state index is 9.42. The Morgan fingerprint density at radius 3 is 3.19 bits per heavy atom. The number of fused-ring (bicyclic) bond motifs is 3. The highest BCUT2D eigenvalue weighted by molar-refractivity contribution is 5.96. The predicted molar refractivity (Wildman–Crippen MR) is 102 cm³/mol. The Hall–Kier alpha value is -2.05. The Bertz CT molecular complexity index is 762. The minimum absolute atomic E-state index is 0.229. The van der Waals surface area contributed by atoms with Gasteiger partial charge in [-0.05, 0) is 49.9 Å². The van der Waals surface area contributed by atoms with Crippen LogP contribution in [0.3, 0.4) is 0 Å². The molecular formula is C20H27N3O3. The van der Waals surface area contributed by atoms with E-state index in [0.29, 0.717) is 12.5 Å². The molecule has 6 nitrogen and oxygen atoms in total. The molecule has 0 saturated carbocycles. The number of rotatable bonds is 5. The molecule has 1 aromatic heterocycles. The quantitative estimate of drug-likeness (QED) is 0.855. The number of hydrogen-bond donors (Lipinski definition) is 2. The van der Waals surface area contributed by atoms with Crippen LogP contribution in [0.2, 0.25) is 0 Å². The highest BCUT2D eigenvalue weighted by Crippen LogP contribution is 2.39. The SMILES string of the molecule is COc1ccc2ncc3c(c2c1)N(CCC1CCN[C@H](CO)C1)CCO3. The first kappa shape index (κ1) is 17.4. The van der Waals surface area contributed by atoms with Gasteiger partial charge in [0.05, 0.1) is 37.7 Å². The largest absolute Gasteiger partial charge is 0.497 e. The molecule has 1 fully saturated rings. The Balaban J connectivity index is 1.57. The summed E-state index contributed by atoms with van der Waals surface area (Å²) in [6, 6.07) is 6.24. The molecule has 3 heterocycles. The molecule has 0 aliphatic carbocycles. The van der Waals surface area contributed by atoms with E-state index in [1.165, 1.54) is 6.42 Å². The van der Waals surface area contributed by atoms with Gasteiger partial charge in [0.2, 0.25) is 0 Å². The van der Waals surface area contributed by atoms with Crippen LogP contribution in [-0.4, -0.2) is 56.1 Å². The smallest absolute Gasteiger partial charge is 0.161 e. The van der Waals surface area contributed by atoms with E-state index >= 15 is 0 Å². The molecule has 0 radical (unpaired) electrons. The molecule has 2 N–H and O–H groups in total. The molecular weight excluding hydrogens is 330 g/mol. The van der Waals surface area contributed by atoms with E-state index in [9.17, 15) is 5.11 Å². The average molecular weight is 357 g/mol. The topological polar surface area (TPSA) is 66.9 Å². The molecule has 2 aliphatic heterocycles. The summed E-state index contributed by atoms with van der Waals surface area (Å²) < 4.78 is 11.3. The molecule has 26 heavy (non-hydrogen) atoms. The number of aliphatic hydroxyl groups excluding tert-OH is 1. The first-order valence-corrected chi connectivity index (χ1v) is 9.47. The van der Waals surface area contributed by atoms with Crippen LogP contribution in [0.15, 0.2) is 24.4 Å². The van der Waals surface area contributed by atoms with E-state index in [1.54, 1.807) is 7.11 Å². The molecule has 1 unspecified atom stereocenters. The van der Waals surface area contributed by atoms with Crippen LogP contribution in [0.1, 0.15) is 19.3 Å². The van der Waals surface area contributed by atoms with Gasteiger partial charge in [-0.2, -0.15) is 0 Å². The van der Waals surface area contributed by atoms with Crippen molar-refractivity contribution in [1.29, 1.82) is 0 Å². The molecule has 2 aromatic rings. The third-order valence-corrected chi connectivity index (χ3v) is 5.58. The summed E-state index contributed by atoms with van der Waals surface area (Å²) in [6.45, 7) is 3.80. The van der Waals surface area contributed by atoms with Gasteiger partial charge in [0.25, 0.3) is 0 Å². The van der Waals surface area contributed by atoms with Gasteiger partial charge in [-0.3, -0.25) is 4.98 Å². The number of hydrogen-bond acceptors (Lipinski definition) is 6. The number of nitrogens with zero attached hydrogens (tertiary/aromatic N) is 2. The van der Waals surface area contributed by atoms with Crippen molar-refractivity contribution in [2.45, 2.75) is 25.3 Å².